The minimum Gasteiger partial charge on any atom is -0.369 e. The van der Waals surface area contributed by atoms with Gasteiger partial charge in [-0.05, 0) is 30.2 Å². The van der Waals surface area contributed by atoms with Crippen LogP contribution in [0.3, 0.4) is 0 Å². The molecule has 0 radical (unpaired) electrons. The number of nitrogens with zero attached hydrogens (tertiary/aromatic N) is 2. The molecule has 0 spiro atoms. The lowest BCUT2D eigenvalue weighted by Gasteiger charge is -2.19. The van der Waals surface area contributed by atoms with Crippen molar-refractivity contribution in [3.05, 3.63) is 69.5 Å². The molecule has 3 N–H and O–H groups in total. The molecule has 26 heavy (non-hydrogen) atoms. The number of fused-ring (bicyclic) bond motifs is 1. The summed E-state index contributed by atoms with van der Waals surface area (Å²) >= 11 is 7.16. The summed E-state index contributed by atoms with van der Waals surface area (Å²) in [6, 6.07) is 14.1. The van der Waals surface area contributed by atoms with Crippen LogP contribution in [0.1, 0.15) is 16.7 Å². The SMILES string of the molecule is Cc1ccc(CSC(=S)N(C)Cc2ccc3nc(N)[nH]c(=O)c3c2)cc1. The maximum Gasteiger partial charge on any atom is 0.260 e. The lowest BCUT2D eigenvalue weighted by atomic mass is 10.1. The third kappa shape index (κ3) is 4.42. The van der Waals surface area contributed by atoms with Gasteiger partial charge in [-0.2, -0.15) is 0 Å². The zero-order valence-corrected chi connectivity index (χ0v) is 16.3. The standard InChI is InChI=1S/C19H20N4OS2/c1-12-3-5-13(6-4-12)11-26-19(25)23(2)10-14-7-8-16-15(9-14)17(24)22-18(20)21-16/h3-9H,10-11H2,1-2H3,(H3,20,21,22,24). The van der Waals surface area contributed by atoms with E-state index in [1.807, 2.05) is 30.1 Å². The summed E-state index contributed by atoms with van der Waals surface area (Å²) in [7, 11) is 1.96. The van der Waals surface area contributed by atoms with Gasteiger partial charge in [0.15, 0.2) is 0 Å². The molecule has 0 saturated carbocycles. The summed E-state index contributed by atoms with van der Waals surface area (Å²) in [4.78, 5) is 20.7. The number of anilines is 1. The highest BCUT2D eigenvalue weighted by molar-refractivity contribution is 8.22. The van der Waals surface area contributed by atoms with Crippen molar-refractivity contribution in [2.75, 3.05) is 12.8 Å². The Bertz CT molecular complexity index is 999. The van der Waals surface area contributed by atoms with Gasteiger partial charge in [-0.15, -0.1) is 0 Å². The van der Waals surface area contributed by atoms with Gasteiger partial charge >= 0.3 is 0 Å². The predicted molar refractivity (Wildman–Crippen MR) is 113 cm³/mol. The lowest BCUT2D eigenvalue weighted by Crippen LogP contribution is -2.22. The first-order valence-corrected chi connectivity index (χ1v) is 9.53. The lowest BCUT2D eigenvalue weighted by molar-refractivity contribution is 0.519. The maximum atomic E-state index is 12.0. The molecule has 3 rings (SSSR count). The average molecular weight is 385 g/mol. The number of nitrogens with two attached hydrogens (primary N) is 1. The van der Waals surface area contributed by atoms with Gasteiger partial charge in [-0.3, -0.25) is 9.78 Å². The largest absolute Gasteiger partial charge is 0.369 e. The number of aromatic nitrogens is 2. The molecule has 0 saturated heterocycles. The van der Waals surface area contributed by atoms with E-state index < -0.39 is 0 Å². The van der Waals surface area contributed by atoms with Crippen LogP contribution in [0, 0.1) is 6.92 Å². The first-order chi connectivity index (χ1) is 12.4. The normalized spacial score (nSPS) is 10.8. The summed E-state index contributed by atoms with van der Waals surface area (Å²) in [6.07, 6.45) is 0. The molecule has 1 heterocycles. The van der Waals surface area contributed by atoms with Gasteiger partial charge < -0.3 is 10.6 Å². The Balaban J connectivity index is 1.66. The number of nitrogen functional groups attached to an aromatic ring is 1. The Kier molecular flexibility index (Phi) is 5.58. The van der Waals surface area contributed by atoms with Crippen molar-refractivity contribution in [2.24, 2.45) is 0 Å². The van der Waals surface area contributed by atoms with Crippen LogP contribution < -0.4 is 11.3 Å². The second-order valence-electron chi connectivity index (χ2n) is 6.20. The Morgan fingerprint density at radius 1 is 1.23 bits per heavy atom. The van der Waals surface area contributed by atoms with Crippen molar-refractivity contribution in [1.29, 1.82) is 0 Å². The van der Waals surface area contributed by atoms with Crippen molar-refractivity contribution in [3.8, 4) is 0 Å². The number of hydrogen-bond acceptors (Lipinski definition) is 5. The van der Waals surface area contributed by atoms with E-state index in [4.69, 9.17) is 18.0 Å². The van der Waals surface area contributed by atoms with Gasteiger partial charge in [0.05, 0.1) is 10.9 Å². The molecule has 5 nitrogen and oxygen atoms in total. The number of hydrogen-bond donors (Lipinski definition) is 2. The van der Waals surface area contributed by atoms with E-state index in [0.717, 1.165) is 15.6 Å². The zero-order valence-electron chi connectivity index (χ0n) is 14.7. The number of thioether (sulfide) groups is 1. The number of thiocarbonyl (C=S) groups is 1. The molecule has 2 aromatic carbocycles. The number of aromatic amines is 1. The summed E-state index contributed by atoms with van der Waals surface area (Å²) in [6.45, 7) is 2.70. The summed E-state index contributed by atoms with van der Waals surface area (Å²) in [5.41, 5.74) is 9.44. The molecular weight excluding hydrogens is 364 g/mol. The van der Waals surface area contributed by atoms with E-state index in [0.29, 0.717) is 17.4 Å². The van der Waals surface area contributed by atoms with Gasteiger partial charge in [-0.1, -0.05) is 59.9 Å². The average Bonchev–Trinajstić information content (AvgIpc) is 2.61. The van der Waals surface area contributed by atoms with E-state index in [2.05, 4.69) is 41.2 Å². The minimum absolute atomic E-state index is 0.126. The summed E-state index contributed by atoms with van der Waals surface area (Å²) in [5, 5.41) is 0.531. The monoisotopic (exact) mass is 384 g/mol. The van der Waals surface area contributed by atoms with Crippen LogP contribution in [-0.2, 0) is 12.3 Å². The Morgan fingerprint density at radius 2 is 1.92 bits per heavy atom. The van der Waals surface area contributed by atoms with Crippen LogP contribution in [0.2, 0.25) is 0 Å². The van der Waals surface area contributed by atoms with Crippen LogP contribution in [-0.4, -0.2) is 26.2 Å². The quantitative estimate of drug-likeness (QED) is 0.671. The van der Waals surface area contributed by atoms with Crippen molar-refractivity contribution in [1.82, 2.24) is 14.9 Å². The topological polar surface area (TPSA) is 75.0 Å². The third-order valence-corrected chi connectivity index (χ3v) is 5.70. The van der Waals surface area contributed by atoms with Crippen LogP contribution >= 0.6 is 24.0 Å². The minimum atomic E-state index is -0.228. The van der Waals surface area contributed by atoms with Crippen LogP contribution in [0.4, 0.5) is 5.95 Å². The van der Waals surface area contributed by atoms with E-state index in [1.54, 1.807) is 11.8 Å². The summed E-state index contributed by atoms with van der Waals surface area (Å²) < 4.78 is 0.815. The molecule has 0 fully saturated rings. The molecule has 134 valence electrons. The van der Waals surface area contributed by atoms with Gasteiger partial charge in [0.1, 0.15) is 4.32 Å². The van der Waals surface area contributed by atoms with E-state index in [-0.39, 0.29) is 11.5 Å². The van der Waals surface area contributed by atoms with Crippen molar-refractivity contribution in [3.63, 3.8) is 0 Å². The Labute approximate surface area is 161 Å². The fourth-order valence-corrected chi connectivity index (χ4v) is 3.59. The van der Waals surface area contributed by atoms with Crippen LogP contribution in [0.15, 0.2) is 47.3 Å². The molecule has 3 aromatic rings. The van der Waals surface area contributed by atoms with E-state index in [1.165, 1.54) is 11.1 Å². The maximum absolute atomic E-state index is 12.0. The summed E-state index contributed by atoms with van der Waals surface area (Å²) in [5.74, 6) is 0.963. The van der Waals surface area contributed by atoms with Gasteiger partial charge in [0, 0.05) is 19.3 Å². The highest BCUT2D eigenvalue weighted by atomic mass is 32.2. The van der Waals surface area contributed by atoms with Gasteiger partial charge in [-0.25, -0.2) is 4.98 Å². The second-order valence-corrected chi connectivity index (χ2v) is 7.81. The van der Waals surface area contributed by atoms with Crippen LogP contribution in [0.5, 0.6) is 0 Å². The van der Waals surface area contributed by atoms with Crippen molar-refractivity contribution < 1.29 is 0 Å². The van der Waals surface area contributed by atoms with Crippen molar-refractivity contribution in [2.45, 2.75) is 19.2 Å². The predicted octanol–water partition coefficient (Wildman–Crippen LogP) is 3.46. The van der Waals surface area contributed by atoms with Crippen LogP contribution in [0.25, 0.3) is 10.9 Å². The fourth-order valence-electron chi connectivity index (χ4n) is 2.58. The third-order valence-electron chi connectivity index (χ3n) is 4.00. The Morgan fingerprint density at radius 3 is 2.65 bits per heavy atom. The molecule has 0 aliphatic heterocycles. The van der Waals surface area contributed by atoms with Gasteiger partial charge in [0.25, 0.3) is 5.56 Å². The molecule has 1 aromatic heterocycles. The number of rotatable bonds is 4. The molecule has 0 aliphatic rings. The number of benzene rings is 2. The molecule has 0 atom stereocenters. The molecule has 0 bridgehead atoms. The smallest absolute Gasteiger partial charge is 0.260 e. The first kappa shape index (κ1) is 18.4. The van der Waals surface area contributed by atoms with Gasteiger partial charge in [0.2, 0.25) is 5.95 Å². The molecular formula is C19H20N4OS2. The Hall–Kier alpha value is -2.38. The highest BCUT2D eigenvalue weighted by Crippen LogP contribution is 2.19. The number of nitrogens with one attached hydrogen (secondary N) is 1. The molecule has 7 heteroatoms. The second kappa shape index (κ2) is 7.88. The van der Waals surface area contributed by atoms with Crippen molar-refractivity contribution >= 4 is 45.2 Å². The fraction of sp³-hybridized carbons (Fsp3) is 0.211. The number of H-pyrrole nitrogens is 1. The van der Waals surface area contributed by atoms with E-state index in [9.17, 15) is 4.79 Å². The first-order valence-electron chi connectivity index (χ1n) is 8.14. The number of aryl methyl sites for hydroxylation is 1. The molecule has 0 unspecified atom stereocenters. The zero-order chi connectivity index (χ0) is 18.7. The molecule has 0 aliphatic carbocycles. The van der Waals surface area contributed by atoms with E-state index >= 15 is 0 Å². The highest BCUT2D eigenvalue weighted by Gasteiger charge is 2.09. The molecule has 0 amide bonds.